The van der Waals surface area contributed by atoms with Crippen LogP contribution in [-0.2, 0) is 0 Å². The zero-order valence-electron chi connectivity index (χ0n) is 10.9. The molecule has 1 aliphatic rings. The largest absolute Gasteiger partial charge is 0.394 e. The number of aliphatic hydroxyl groups excluding tert-OH is 1. The number of benzene rings is 1. The predicted molar refractivity (Wildman–Crippen MR) is 71.1 cm³/mol. The number of nitrogens with one attached hydrogen (secondary N) is 1. The summed E-state index contributed by atoms with van der Waals surface area (Å²) in [7, 11) is 0. The molecule has 1 fully saturated rings. The molecule has 0 aromatic heterocycles. The van der Waals surface area contributed by atoms with Crippen LogP contribution in [0.5, 0.6) is 0 Å². The molecule has 2 N–H and O–H groups in total. The van der Waals surface area contributed by atoms with Crippen LogP contribution in [0, 0.1) is 13.8 Å². The van der Waals surface area contributed by atoms with Gasteiger partial charge < -0.3 is 10.4 Å². The Morgan fingerprint density at radius 3 is 2.59 bits per heavy atom. The van der Waals surface area contributed by atoms with Crippen LogP contribution >= 0.6 is 0 Å². The Bertz CT molecular complexity index is 369. The smallest absolute Gasteiger partial charge is 0.0626 e. The van der Waals surface area contributed by atoms with Gasteiger partial charge in [-0.25, -0.2) is 0 Å². The molecule has 0 heterocycles. The molecule has 0 bridgehead atoms. The van der Waals surface area contributed by atoms with Gasteiger partial charge in [0.05, 0.1) is 12.6 Å². The summed E-state index contributed by atoms with van der Waals surface area (Å²) >= 11 is 0. The molecule has 0 amide bonds. The molecule has 2 nitrogen and oxygen atoms in total. The van der Waals surface area contributed by atoms with Gasteiger partial charge >= 0.3 is 0 Å². The van der Waals surface area contributed by atoms with Gasteiger partial charge in [-0.15, -0.1) is 0 Å². The summed E-state index contributed by atoms with van der Waals surface area (Å²) in [5.74, 6) is 0. The van der Waals surface area contributed by atoms with Crippen molar-refractivity contribution in [1.82, 2.24) is 5.32 Å². The van der Waals surface area contributed by atoms with Crippen molar-refractivity contribution in [1.29, 1.82) is 0 Å². The first kappa shape index (κ1) is 12.6. The Hall–Kier alpha value is -0.860. The zero-order valence-corrected chi connectivity index (χ0v) is 10.9. The highest BCUT2D eigenvalue weighted by molar-refractivity contribution is 5.33. The molecule has 1 saturated carbocycles. The van der Waals surface area contributed by atoms with E-state index in [1.165, 1.54) is 42.4 Å². The second kappa shape index (κ2) is 5.65. The van der Waals surface area contributed by atoms with Gasteiger partial charge in [0.2, 0.25) is 0 Å². The van der Waals surface area contributed by atoms with Crippen LogP contribution in [0.25, 0.3) is 0 Å². The first-order valence-corrected chi connectivity index (χ1v) is 6.65. The second-order valence-corrected chi connectivity index (χ2v) is 5.24. The van der Waals surface area contributed by atoms with E-state index in [2.05, 4.69) is 37.4 Å². The summed E-state index contributed by atoms with van der Waals surface area (Å²) in [6.45, 7) is 4.41. The van der Waals surface area contributed by atoms with Crippen LogP contribution in [0.2, 0.25) is 0 Å². The third kappa shape index (κ3) is 3.08. The van der Waals surface area contributed by atoms with Crippen molar-refractivity contribution < 1.29 is 5.11 Å². The van der Waals surface area contributed by atoms with E-state index in [1.807, 2.05) is 0 Å². The molecule has 94 valence electrons. The van der Waals surface area contributed by atoms with Crippen LogP contribution in [-0.4, -0.2) is 17.8 Å². The van der Waals surface area contributed by atoms with E-state index in [4.69, 9.17) is 0 Å². The van der Waals surface area contributed by atoms with Crippen LogP contribution in [0.4, 0.5) is 0 Å². The van der Waals surface area contributed by atoms with Gasteiger partial charge in [-0.1, -0.05) is 36.6 Å². The van der Waals surface area contributed by atoms with Gasteiger partial charge in [0.1, 0.15) is 0 Å². The molecule has 2 rings (SSSR count). The van der Waals surface area contributed by atoms with Crippen LogP contribution in [0.1, 0.15) is 48.4 Å². The molecular weight excluding hydrogens is 210 g/mol. The molecule has 1 aromatic rings. The first-order chi connectivity index (χ1) is 8.20. The Kier molecular flexibility index (Phi) is 4.19. The third-order valence-electron chi connectivity index (χ3n) is 3.78. The minimum atomic E-state index is 0.0960. The lowest BCUT2D eigenvalue weighted by molar-refractivity contribution is 0.232. The van der Waals surface area contributed by atoms with Crippen LogP contribution in [0.15, 0.2) is 18.2 Å². The third-order valence-corrected chi connectivity index (χ3v) is 3.78. The standard InChI is InChI=1S/C15H23NO/c1-11-7-8-14(12(2)9-11)15(10-17)16-13-5-3-4-6-13/h7-9,13,15-17H,3-6,10H2,1-2H3. The Morgan fingerprint density at radius 2 is 2.00 bits per heavy atom. The molecule has 1 atom stereocenters. The highest BCUT2D eigenvalue weighted by Gasteiger charge is 2.20. The molecule has 0 spiro atoms. The van der Waals surface area contributed by atoms with E-state index < -0.39 is 0 Å². The normalized spacial score (nSPS) is 18.5. The average molecular weight is 233 g/mol. The van der Waals surface area contributed by atoms with Crippen molar-refractivity contribution in [2.75, 3.05) is 6.61 Å². The summed E-state index contributed by atoms with van der Waals surface area (Å²) < 4.78 is 0. The van der Waals surface area contributed by atoms with Gasteiger partial charge in [-0.2, -0.15) is 0 Å². The minimum Gasteiger partial charge on any atom is -0.394 e. The summed E-state index contributed by atoms with van der Waals surface area (Å²) in [5.41, 5.74) is 3.79. The SMILES string of the molecule is Cc1ccc(C(CO)NC2CCCC2)c(C)c1. The quantitative estimate of drug-likeness (QED) is 0.838. The van der Waals surface area contributed by atoms with Gasteiger partial charge in [0, 0.05) is 6.04 Å². The van der Waals surface area contributed by atoms with Gasteiger partial charge in [-0.05, 0) is 37.8 Å². The predicted octanol–water partition coefficient (Wildman–Crippen LogP) is 2.87. The summed E-state index contributed by atoms with van der Waals surface area (Å²) in [4.78, 5) is 0. The van der Waals surface area contributed by atoms with Crippen molar-refractivity contribution in [2.45, 2.75) is 51.6 Å². The lowest BCUT2D eigenvalue weighted by Crippen LogP contribution is -2.33. The van der Waals surface area contributed by atoms with Crippen LogP contribution in [0.3, 0.4) is 0 Å². The molecule has 0 radical (unpaired) electrons. The molecule has 1 aliphatic carbocycles. The van der Waals surface area contributed by atoms with E-state index in [0.29, 0.717) is 6.04 Å². The van der Waals surface area contributed by atoms with E-state index in [-0.39, 0.29) is 12.6 Å². The molecule has 1 aromatic carbocycles. The first-order valence-electron chi connectivity index (χ1n) is 6.65. The average Bonchev–Trinajstić information content (AvgIpc) is 2.79. The van der Waals surface area contributed by atoms with Crippen LogP contribution < -0.4 is 5.32 Å². The zero-order chi connectivity index (χ0) is 12.3. The van der Waals surface area contributed by atoms with Gasteiger partial charge in [-0.3, -0.25) is 0 Å². The molecule has 0 saturated heterocycles. The fourth-order valence-electron chi connectivity index (χ4n) is 2.83. The monoisotopic (exact) mass is 233 g/mol. The van der Waals surface area contributed by atoms with Gasteiger partial charge in [0.25, 0.3) is 0 Å². The second-order valence-electron chi connectivity index (χ2n) is 5.24. The van der Waals surface area contributed by atoms with E-state index >= 15 is 0 Å². The highest BCUT2D eigenvalue weighted by atomic mass is 16.3. The topological polar surface area (TPSA) is 32.3 Å². The Morgan fingerprint density at radius 1 is 1.29 bits per heavy atom. The molecule has 2 heteroatoms. The molecular formula is C15H23NO. The van der Waals surface area contributed by atoms with E-state index in [9.17, 15) is 5.11 Å². The fourth-order valence-corrected chi connectivity index (χ4v) is 2.83. The van der Waals surface area contributed by atoms with E-state index in [0.717, 1.165) is 0 Å². The minimum absolute atomic E-state index is 0.0960. The maximum Gasteiger partial charge on any atom is 0.0626 e. The van der Waals surface area contributed by atoms with Gasteiger partial charge in [0.15, 0.2) is 0 Å². The molecule has 1 unspecified atom stereocenters. The number of hydrogen-bond acceptors (Lipinski definition) is 2. The lowest BCUT2D eigenvalue weighted by atomic mass is 9.99. The Balaban J connectivity index is 2.10. The summed E-state index contributed by atoms with van der Waals surface area (Å²) in [6.07, 6.45) is 5.15. The molecule has 17 heavy (non-hydrogen) atoms. The van der Waals surface area contributed by atoms with E-state index in [1.54, 1.807) is 0 Å². The summed E-state index contributed by atoms with van der Waals surface area (Å²) in [5, 5.41) is 13.2. The summed E-state index contributed by atoms with van der Waals surface area (Å²) in [6, 6.07) is 7.15. The number of hydrogen-bond donors (Lipinski definition) is 2. The van der Waals surface area contributed by atoms with Crippen molar-refractivity contribution in [3.63, 3.8) is 0 Å². The maximum absolute atomic E-state index is 9.57. The number of rotatable bonds is 4. The number of aryl methyl sites for hydroxylation is 2. The Labute approximate surface area is 104 Å². The lowest BCUT2D eigenvalue weighted by Gasteiger charge is -2.23. The fraction of sp³-hybridized carbons (Fsp3) is 0.600. The highest BCUT2D eigenvalue weighted by Crippen LogP contribution is 2.24. The number of aliphatic hydroxyl groups is 1. The van der Waals surface area contributed by atoms with Crippen molar-refractivity contribution in [3.05, 3.63) is 34.9 Å². The maximum atomic E-state index is 9.57. The van der Waals surface area contributed by atoms with Crippen molar-refractivity contribution >= 4 is 0 Å². The van der Waals surface area contributed by atoms with Crippen molar-refractivity contribution in [3.8, 4) is 0 Å². The van der Waals surface area contributed by atoms with Crippen molar-refractivity contribution in [2.24, 2.45) is 0 Å². The molecule has 0 aliphatic heterocycles.